The molecule has 1 aliphatic rings. The molecule has 90 valence electrons. The van der Waals surface area contributed by atoms with Crippen molar-refractivity contribution < 1.29 is 4.79 Å². The first-order valence-corrected chi connectivity index (χ1v) is 6.04. The standard InChI is InChI=1S/C12H12Cl2N2O/c13-9-6-8(7-10(15)11(9)14)12(17)16-4-2-1-3-5-16/h1-2,6-7H,3-5,15H2. The van der Waals surface area contributed by atoms with E-state index >= 15 is 0 Å². The summed E-state index contributed by atoms with van der Waals surface area (Å²) in [5.74, 6) is -0.0698. The van der Waals surface area contributed by atoms with E-state index in [1.807, 2.05) is 6.08 Å². The first kappa shape index (κ1) is 12.3. The largest absolute Gasteiger partial charge is 0.397 e. The molecule has 0 bridgehead atoms. The average Bonchev–Trinajstić information content (AvgIpc) is 2.35. The number of carbonyl (C=O) groups is 1. The Labute approximate surface area is 110 Å². The van der Waals surface area contributed by atoms with Crippen LogP contribution in [-0.2, 0) is 0 Å². The molecule has 0 aliphatic carbocycles. The molecule has 1 aliphatic heterocycles. The molecule has 0 unspecified atom stereocenters. The lowest BCUT2D eigenvalue weighted by atomic mass is 10.1. The molecule has 1 aromatic carbocycles. The summed E-state index contributed by atoms with van der Waals surface area (Å²) < 4.78 is 0. The highest BCUT2D eigenvalue weighted by Crippen LogP contribution is 2.29. The highest BCUT2D eigenvalue weighted by molar-refractivity contribution is 6.43. The van der Waals surface area contributed by atoms with Crippen LogP contribution < -0.4 is 5.73 Å². The summed E-state index contributed by atoms with van der Waals surface area (Å²) in [6, 6.07) is 3.12. The Bertz CT molecular complexity index is 462. The lowest BCUT2D eigenvalue weighted by Crippen LogP contribution is -2.33. The summed E-state index contributed by atoms with van der Waals surface area (Å²) >= 11 is 11.8. The molecule has 3 nitrogen and oxygen atoms in total. The first-order chi connectivity index (χ1) is 8.09. The quantitative estimate of drug-likeness (QED) is 0.630. The summed E-state index contributed by atoms with van der Waals surface area (Å²) in [6.45, 7) is 1.34. The van der Waals surface area contributed by atoms with Gasteiger partial charge in [0.05, 0.1) is 15.7 Å². The van der Waals surface area contributed by atoms with Crippen molar-refractivity contribution in [2.24, 2.45) is 0 Å². The number of carbonyl (C=O) groups excluding carboxylic acids is 1. The Kier molecular flexibility index (Phi) is 3.60. The van der Waals surface area contributed by atoms with E-state index in [0.29, 0.717) is 27.8 Å². The molecule has 0 radical (unpaired) electrons. The number of halogens is 2. The molecule has 0 saturated heterocycles. The van der Waals surface area contributed by atoms with Crippen molar-refractivity contribution in [2.45, 2.75) is 6.42 Å². The number of rotatable bonds is 1. The highest BCUT2D eigenvalue weighted by Gasteiger charge is 2.18. The van der Waals surface area contributed by atoms with Crippen LogP contribution in [0.2, 0.25) is 10.0 Å². The Balaban J connectivity index is 2.28. The van der Waals surface area contributed by atoms with Crippen LogP contribution in [0.4, 0.5) is 5.69 Å². The average molecular weight is 271 g/mol. The third-order valence-corrected chi connectivity index (χ3v) is 3.47. The highest BCUT2D eigenvalue weighted by atomic mass is 35.5. The van der Waals surface area contributed by atoms with Gasteiger partial charge in [0.25, 0.3) is 5.91 Å². The zero-order valence-electron chi connectivity index (χ0n) is 9.12. The van der Waals surface area contributed by atoms with Crippen molar-refractivity contribution in [3.05, 3.63) is 39.9 Å². The predicted molar refractivity (Wildman–Crippen MR) is 70.5 cm³/mol. The van der Waals surface area contributed by atoms with E-state index in [1.54, 1.807) is 17.0 Å². The molecule has 1 amide bonds. The smallest absolute Gasteiger partial charge is 0.254 e. The number of nitrogens with two attached hydrogens (primary N) is 1. The van der Waals surface area contributed by atoms with Gasteiger partial charge in [0.15, 0.2) is 0 Å². The molecule has 2 N–H and O–H groups in total. The van der Waals surface area contributed by atoms with Crippen LogP contribution in [-0.4, -0.2) is 23.9 Å². The second-order valence-corrected chi connectivity index (χ2v) is 4.66. The van der Waals surface area contributed by atoms with Gasteiger partial charge in [-0.2, -0.15) is 0 Å². The predicted octanol–water partition coefficient (Wildman–Crippen LogP) is 2.98. The van der Waals surface area contributed by atoms with Crippen LogP contribution in [0.5, 0.6) is 0 Å². The number of hydrogen-bond donors (Lipinski definition) is 1. The van der Waals surface area contributed by atoms with Gasteiger partial charge in [0, 0.05) is 18.7 Å². The van der Waals surface area contributed by atoms with Gasteiger partial charge < -0.3 is 10.6 Å². The van der Waals surface area contributed by atoms with Crippen LogP contribution in [0.25, 0.3) is 0 Å². The third-order valence-electron chi connectivity index (χ3n) is 2.65. The zero-order valence-corrected chi connectivity index (χ0v) is 10.6. The van der Waals surface area contributed by atoms with Crippen LogP contribution in [0.1, 0.15) is 16.8 Å². The fourth-order valence-corrected chi connectivity index (χ4v) is 2.08. The zero-order chi connectivity index (χ0) is 12.4. The summed E-state index contributed by atoms with van der Waals surface area (Å²) in [7, 11) is 0. The molecule has 0 atom stereocenters. The van der Waals surface area contributed by atoms with Crippen LogP contribution in [0, 0.1) is 0 Å². The minimum Gasteiger partial charge on any atom is -0.397 e. The van der Waals surface area contributed by atoms with Crippen LogP contribution in [0.3, 0.4) is 0 Å². The second-order valence-electron chi connectivity index (χ2n) is 3.87. The van der Waals surface area contributed by atoms with Crippen LogP contribution in [0.15, 0.2) is 24.3 Å². The van der Waals surface area contributed by atoms with Gasteiger partial charge in [0.1, 0.15) is 0 Å². The maximum Gasteiger partial charge on any atom is 0.254 e. The first-order valence-electron chi connectivity index (χ1n) is 5.28. The molecule has 2 rings (SSSR count). The fourth-order valence-electron chi connectivity index (χ4n) is 1.74. The lowest BCUT2D eigenvalue weighted by Gasteiger charge is -2.23. The van der Waals surface area contributed by atoms with E-state index in [2.05, 4.69) is 6.08 Å². The maximum atomic E-state index is 12.2. The van der Waals surface area contributed by atoms with Crippen molar-refractivity contribution >= 4 is 34.8 Å². The molecule has 0 aromatic heterocycles. The van der Waals surface area contributed by atoms with Gasteiger partial charge in [-0.05, 0) is 18.6 Å². The third kappa shape index (κ3) is 2.56. The Morgan fingerprint density at radius 1 is 1.29 bits per heavy atom. The molecule has 0 fully saturated rings. The lowest BCUT2D eigenvalue weighted by molar-refractivity contribution is 0.0771. The van der Waals surface area contributed by atoms with E-state index in [4.69, 9.17) is 28.9 Å². The number of nitrogens with zero attached hydrogens (tertiary/aromatic N) is 1. The van der Waals surface area contributed by atoms with Crippen molar-refractivity contribution in [3.63, 3.8) is 0 Å². The van der Waals surface area contributed by atoms with E-state index in [0.717, 1.165) is 13.0 Å². The van der Waals surface area contributed by atoms with Gasteiger partial charge in [-0.3, -0.25) is 4.79 Å². The molecule has 0 spiro atoms. The summed E-state index contributed by atoms with van der Waals surface area (Å²) in [5, 5.41) is 0.601. The molecule has 1 aromatic rings. The van der Waals surface area contributed by atoms with Crippen LogP contribution >= 0.6 is 23.2 Å². The maximum absolute atomic E-state index is 12.2. The fraction of sp³-hybridized carbons (Fsp3) is 0.250. The SMILES string of the molecule is Nc1cc(C(=O)N2CC=CCC2)cc(Cl)c1Cl. The van der Waals surface area contributed by atoms with E-state index < -0.39 is 0 Å². The van der Waals surface area contributed by atoms with Gasteiger partial charge in [-0.15, -0.1) is 0 Å². The Morgan fingerprint density at radius 3 is 2.65 bits per heavy atom. The normalized spacial score (nSPS) is 15.1. The topological polar surface area (TPSA) is 46.3 Å². The number of hydrogen-bond acceptors (Lipinski definition) is 2. The van der Waals surface area contributed by atoms with Gasteiger partial charge in [0.2, 0.25) is 0 Å². The number of anilines is 1. The number of amides is 1. The minimum atomic E-state index is -0.0698. The second kappa shape index (κ2) is 4.98. The Morgan fingerprint density at radius 2 is 2.06 bits per heavy atom. The van der Waals surface area contributed by atoms with E-state index in [1.165, 1.54) is 0 Å². The van der Waals surface area contributed by atoms with Crippen molar-refractivity contribution in [1.82, 2.24) is 4.90 Å². The van der Waals surface area contributed by atoms with Crippen molar-refractivity contribution in [3.8, 4) is 0 Å². The molecule has 5 heteroatoms. The number of benzene rings is 1. The van der Waals surface area contributed by atoms with Gasteiger partial charge in [-0.1, -0.05) is 35.4 Å². The summed E-state index contributed by atoms with van der Waals surface area (Å²) in [4.78, 5) is 13.9. The monoisotopic (exact) mass is 270 g/mol. The van der Waals surface area contributed by atoms with Gasteiger partial charge >= 0.3 is 0 Å². The van der Waals surface area contributed by atoms with E-state index in [-0.39, 0.29) is 5.91 Å². The number of nitrogen functional groups attached to an aromatic ring is 1. The van der Waals surface area contributed by atoms with Gasteiger partial charge in [-0.25, -0.2) is 0 Å². The molecule has 17 heavy (non-hydrogen) atoms. The Hall–Kier alpha value is -1.19. The molecular weight excluding hydrogens is 259 g/mol. The minimum absolute atomic E-state index is 0.0698. The summed E-state index contributed by atoms with van der Waals surface area (Å²) in [5.41, 5.74) is 6.50. The van der Waals surface area contributed by atoms with Crippen molar-refractivity contribution in [2.75, 3.05) is 18.8 Å². The summed E-state index contributed by atoms with van der Waals surface area (Å²) in [6.07, 6.45) is 4.91. The molecule has 1 heterocycles. The van der Waals surface area contributed by atoms with Crippen molar-refractivity contribution in [1.29, 1.82) is 0 Å². The molecule has 0 saturated carbocycles. The van der Waals surface area contributed by atoms with E-state index in [9.17, 15) is 4.79 Å². The molecular formula is C12H12Cl2N2O.